The van der Waals surface area contributed by atoms with E-state index in [0.717, 1.165) is 68.7 Å². The first-order valence-corrected chi connectivity index (χ1v) is 11.5. The number of benzene rings is 1. The summed E-state index contributed by atoms with van der Waals surface area (Å²) in [6.45, 7) is 9.39. The van der Waals surface area contributed by atoms with Crippen LogP contribution in [0, 0.1) is 0 Å². The fraction of sp³-hybridized carbons (Fsp3) is 0.696. The zero-order valence-electron chi connectivity index (χ0n) is 19.4. The monoisotopic (exact) mass is 545 g/mol. The summed E-state index contributed by atoms with van der Waals surface area (Å²) in [6.07, 6.45) is 6.21. The molecule has 2 aliphatic rings. The predicted octanol–water partition coefficient (Wildman–Crippen LogP) is 3.33. The van der Waals surface area contributed by atoms with Gasteiger partial charge >= 0.3 is 0 Å². The third-order valence-electron chi connectivity index (χ3n) is 6.02. The van der Waals surface area contributed by atoms with Crippen molar-refractivity contribution < 1.29 is 9.47 Å². The van der Waals surface area contributed by atoms with Crippen molar-refractivity contribution in [2.75, 3.05) is 64.9 Å². The zero-order valence-corrected chi connectivity index (χ0v) is 21.7. The largest absolute Gasteiger partial charge is 0.497 e. The minimum atomic E-state index is 0. The van der Waals surface area contributed by atoms with Crippen molar-refractivity contribution in [2.45, 2.75) is 45.1 Å². The molecule has 0 bridgehead atoms. The van der Waals surface area contributed by atoms with E-state index in [9.17, 15) is 0 Å². The molecule has 8 heteroatoms. The highest BCUT2D eigenvalue weighted by molar-refractivity contribution is 14.0. The molecule has 3 rings (SSSR count). The van der Waals surface area contributed by atoms with Crippen molar-refractivity contribution in [1.82, 2.24) is 15.5 Å². The number of hydrogen-bond acceptors (Lipinski definition) is 5. The number of guanidine groups is 1. The number of methoxy groups -OCH3 is 2. The van der Waals surface area contributed by atoms with Crippen molar-refractivity contribution in [3.8, 4) is 11.5 Å². The van der Waals surface area contributed by atoms with Crippen LogP contribution in [0.1, 0.15) is 39.0 Å². The highest BCUT2D eigenvalue weighted by Crippen LogP contribution is 2.30. The third kappa shape index (κ3) is 8.21. The molecule has 2 N–H and O–H groups in total. The molecule has 0 saturated carbocycles. The molecule has 2 saturated heterocycles. The van der Waals surface area contributed by atoms with Gasteiger partial charge in [-0.1, -0.05) is 6.42 Å². The second-order valence-corrected chi connectivity index (χ2v) is 8.14. The number of rotatable bonds is 8. The molecule has 176 valence electrons. The Balaban J connectivity index is 0.00000341. The summed E-state index contributed by atoms with van der Waals surface area (Å²) in [6, 6.07) is 6.53. The van der Waals surface area contributed by atoms with Gasteiger partial charge in [-0.05, 0) is 45.7 Å². The van der Waals surface area contributed by atoms with Gasteiger partial charge in [0, 0.05) is 56.1 Å². The van der Waals surface area contributed by atoms with Gasteiger partial charge in [0.25, 0.3) is 0 Å². The van der Waals surface area contributed by atoms with Gasteiger partial charge in [0.15, 0.2) is 5.96 Å². The molecule has 2 heterocycles. The van der Waals surface area contributed by atoms with Gasteiger partial charge in [-0.15, -0.1) is 24.0 Å². The van der Waals surface area contributed by atoms with E-state index in [4.69, 9.17) is 14.5 Å². The van der Waals surface area contributed by atoms with Gasteiger partial charge in [0.05, 0.1) is 20.8 Å². The Labute approximate surface area is 205 Å². The van der Waals surface area contributed by atoms with E-state index >= 15 is 0 Å². The van der Waals surface area contributed by atoms with E-state index in [1.165, 1.54) is 32.4 Å². The molecular weight excluding hydrogens is 505 g/mol. The average molecular weight is 546 g/mol. The highest BCUT2D eigenvalue weighted by Gasteiger charge is 2.21. The molecule has 0 aliphatic carbocycles. The Hall–Kier alpha value is -1.42. The molecule has 0 atom stereocenters. The van der Waals surface area contributed by atoms with Gasteiger partial charge in [0.2, 0.25) is 0 Å². The maximum Gasteiger partial charge on any atom is 0.191 e. The van der Waals surface area contributed by atoms with Crippen molar-refractivity contribution in [3.63, 3.8) is 0 Å². The van der Waals surface area contributed by atoms with Crippen molar-refractivity contribution in [1.29, 1.82) is 0 Å². The molecule has 0 radical (unpaired) electrons. The minimum Gasteiger partial charge on any atom is -0.497 e. The zero-order chi connectivity index (χ0) is 21.2. The highest BCUT2D eigenvalue weighted by atomic mass is 127. The Morgan fingerprint density at radius 3 is 2.23 bits per heavy atom. The van der Waals surface area contributed by atoms with Crippen LogP contribution < -0.4 is 25.0 Å². The van der Waals surface area contributed by atoms with Gasteiger partial charge in [-0.3, -0.25) is 4.99 Å². The van der Waals surface area contributed by atoms with Gasteiger partial charge in [-0.2, -0.15) is 0 Å². The second kappa shape index (κ2) is 13.9. The van der Waals surface area contributed by atoms with E-state index in [-0.39, 0.29) is 24.0 Å². The molecule has 0 unspecified atom stereocenters. The van der Waals surface area contributed by atoms with Crippen molar-refractivity contribution in [3.05, 3.63) is 18.2 Å². The van der Waals surface area contributed by atoms with Gasteiger partial charge < -0.3 is 29.9 Å². The maximum absolute atomic E-state index is 5.42. The van der Waals surface area contributed by atoms with E-state index in [1.54, 1.807) is 14.2 Å². The van der Waals surface area contributed by atoms with Crippen LogP contribution in [0.3, 0.4) is 0 Å². The van der Waals surface area contributed by atoms with Crippen LogP contribution in [-0.4, -0.2) is 76.9 Å². The van der Waals surface area contributed by atoms with E-state index < -0.39 is 0 Å². The van der Waals surface area contributed by atoms with Crippen LogP contribution in [0.4, 0.5) is 5.69 Å². The first-order chi connectivity index (χ1) is 14.7. The number of nitrogens with one attached hydrogen (secondary N) is 2. The maximum atomic E-state index is 5.42. The fourth-order valence-corrected chi connectivity index (χ4v) is 4.26. The van der Waals surface area contributed by atoms with E-state index in [1.807, 2.05) is 6.07 Å². The lowest BCUT2D eigenvalue weighted by atomic mass is 10.0. The average Bonchev–Trinajstić information content (AvgIpc) is 2.80. The molecule has 2 fully saturated rings. The summed E-state index contributed by atoms with van der Waals surface area (Å²) >= 11 is 0. The molecule has 0 amide bonds. The smallest absolute Gasteiger partial charge is 0.191 e. The molecule has 1 aromatic carbocycles. The number of likely N-dealkylation sites (tertiary alicyclic amines) is 1. The lowest BCUT2D eigenvalue weighted by molar-refractivity contribution is 0.235. The first-order valence-electron chi connectivity index (χ1n) is 11.5. The van der Waals surface area contributed by atoms with Gasteiger partial charge in [-0.25, -0.2) is 0 Å². The van der Waals surface area contributed by atoms with Crippen molar-refractivity contribution >= 4 is 35.6 Å². The number of ether oxygens (including phenoxy) is 2. The number of hydrogen-bond donors (Lipinski definition) is 2. The van der Waals surface area contributed by atoms with Crippen molar-refractivity contribution in [2.24, 2.45) is 4.99 Å². The molecule has 31 heavy (non-hydrogen) atoms. The van der Waals surface area contributed by atoms with Crippen LogP contribution >= 0.6 is 24.0 Å². The summed E-state index contributed by atoms with van der Waals surface area (Å²) in [4.78, 5) is 9.78. The van der Waals surface area contributed by atoms with E-state index in [2.05, 4.69) is 39.5 Å². The van der Waals surface area contributed by atoms with Gasteiger partial charge in [0.1, 0.15) is 11.5 Å². The second-order valence-electron chi connectivity index (χ2n) is 8.14. The lowest BCUT2D eigenvalue weighted by Crippen LogP contribution is -2.49. The predicted molar refractivity (Wildman–Crippen MR) is 140 cm³/mol. The number of nitrogens with zero attached hydrogens (tertiary/aromatic N) is 3. The summed E-state index contributed by atoms with van der Waals surface area (Å²) in [7, 11) is 3.39. The molecule has 1 aromatic rings. The Bertz CT molecular complexity index is 652. The summed E-state index contributed by atoms with van der Waals surface area (Å²) in [5.74, 6) is 2.62. The summed E-state index contributed by atoms with van der Waals surface area (Å²) in [5, 5.41) is 7.07. The van der Waals surface area contributed by atoms with Crippen LogP contribution in [-0.2, 0) is 0 Å². The number of aliphatic imine (C=N–C) groups is 1. The minimum absolute atomic E-state index is 0. The summed E-state index contributed by atoms with van der Waals surface area (Å²) < 4.78 is 10.8. The van der Waals surface area contributed by atoms with Crippen LogP contribution in [0.5, 0.6) is 11.5 Å². The van der Waals surface area contributed by atoms with Crippen LogP contribution in [0.25, 0.3) is 0 Å². The molecular formula is C23H40IN5O2. The topological polar surface area (TPSA) is 61.4 Å². The number of piperidine rings is 2. The SMILES string of the molecule is CCNC(=NCCN1CCCCC1)NC1CCN(c2cc(OC)cc(OC)c2)CC1.I. The summed E-state index contributed by atoms with van der Waals surface area (Å²) in [5.41, 5.74) is 1.16. The van der Waals surface area contributed by atoms with Crippen LogP contribution in [0.2, 0.25) is 0 Å². The Morgan fingerprint density at radius 1 is 1.00 bits per heavy atom. The number of halogens is 1. The van der Waals surface area contributed by atoms with Crippen LogP contribution in [0.15, 0.2) is 23.2 Å². The van der Waals surface area contributed by atoms with E-state index in [0.29, 0.717) is 6.04 Å². The molecule has 0 spiro atoms. The Morgan fingerprint density at radius 2 is 1.65 bits per heavy atom. The molecule has 7 nitrogen and oxygen atoms in total. The Kier molecular flexibility index (Phi) is 11.6. The number of anilines is 1. The normalized spacial score (nSPS) is 18.3. The fourth-order valence-electron chi connectivity index (χ4n) is 4.26. The standard InChI is InChI=1S/C23H39N5O2.HI/c1-4-24-23(25-10-15-27-11-6-5-7-12-27)26-19-8-13-28(14-9-19)20-16-21(29-2)18-22(17-20)30-3;/h16-19H,4-15H2,1-3H3,(H2,24,25,26);1H. The molecule has 2 aliphatic heterocycles. The molecule has 0 aromatic heterocycles. The third-order valence-corrected chi connectivity index (χ3v) is 6.02. The lowest BCUT2D eigenvalue weighted by Gasteiger charge is -2.35. The first kappa shape index (κ1) is 25.8. The quantitative estimate of drug-likeness (QED) is 0.297.